The van der Waals surface area contributed by atoms with Gasteiger partial charge in [-0.3, -0.25) is 0 Å². The molecule has 1 aromatic heterocycles. The lowest BCUT2D eigenvalue weighted by molar-refractivity contribution is 1.44. The third-order valence-corrected chi connectivity index (χ3v) is 2.81. The monoisotopic (exact) mass is 233 g/mol. The molecule has 0 saturated carbocycles. The molecule has 0 aliphatic carbocycles. The molecule has 0 amide bonds. The second-order valence-corrected chi connectivity index (χ2v) is 3.94. The van der Waals surface area contributed by atoms with Gasteiger partial charge in [-0.15, -0.1) is 0 Å². The summed E-state index contributed by atoms with van der Waals surface area (Å²) in [7, 11) is 0. The summed E-state index contributed by atoms with van der Waals surface area (Å²) in [6.07, 6.45) is 0. The minimum atomic E-state index is 0.456. The number of pyridine rings is 1. The number of hydrogen-bond donors (Lipinski definition) is 0. The molecule has 0 saturated heterocycles. The first-order chi connectivity index (χ1) is 8.80. The molecule has 2 aromatic carbocycles. The van der Waals surface area contributed by atoms with Crippen LogP contribution in [0.4, 0.5) is 11.4 Å². The molecule has 0 fully saturated rings. The fourth-order valence-electron chi connectivity index (χ4n) is 1.92. The van der Waals surface area contributed by atoms with E-state index in [1.54, 1.807) is 24.3 Å². The molecule has 0 spiro atoms. The summed E-state index contributed by atoms with van der Waals surface area (Å²) in [4.78, 5) is 10.7. The third kappa shape index (κ3) is 1.51. The molecule has 0 aliphatic rings. The Morgan fingerprint density at radius 2 is 1.22 bits per heavy atom. The van der Waals surface area contributed by atoms with Crippen molar-refractivity contribution in [3.05, 3.63) is 52.4 Å². The number of diazo groups is 2. The van der Waals surface area contributed by atoms with E-state index in [-0.39, 0.29) is 0 Å². The second-order valence-electron chi connectivity index (χ2n) is 3.94. The molecule has 0 bridgehead atoms. The fourth-order valence-corrected chi connectivity index (χ4v) is 1.92. The molecule has 1 heterocycles. The van der Waals surface area contributed by atoms with Gasteiger partial charge in [0.25, 0.3) is 0 Å². The molecule has 5 nitrogen and oxygen atoms in total. The summed E-state index contributed by atoms with van der Waals surface area (Å²) >= 11 is 0. The second kappa shape index (κ2) is 3.76. The smallest absolute Gasteiger partial charge is 0.247 e. The molecule has 0 unspecified atom stereocenters. The van der Waals surface area contributed by atoms with Crippen LogP contribution in [0.3, 0.4) is 0 Å². The Morgan fingerprint density at radius 1 is 0.722 bits per heavy atom. The fraction of sp³-hybridized carbons (Fsp3) is 0. The van der Waals surface area contributed by atoms with Gasteiger partial charge in [-0.2, -0.15) is 0 Å². The van der Waals surface area contributed by atoms with Gasteiger partial charge in [0.15, 0.2) is 9.95 Å². The van der Waals surface area contributed by atoms with Crippen molar-refractivity contribution in [2.24, 2.45) is 0 Å². The quantitative estimate of drug-likeness (QED) is 0.428. The van der Waals surface area contributed by atoms with E-state index in [4.69, 9.17) is 10.8 Å². The summed E-state index contributed by atoms with van der Waals surface area (Å²) < 4.78 is 0. The van der Waals surface area contributed by atoms with Gasteiger partial charge in [-0.1, -0.05) is 0 Å². The highest BCUT2D eigenvalue weighted by molar-refractivity contribution is 5.95. The number of hydrogen-bond acceptors (Lipinski definition) is 3. The van der Waals surface area contributed by atoms with Crippen LogP contribution in [0.15, 0.2) is 42.5 Å². The number of aromatic nitrogens is 1. The van der Waals surface area contributed by atoms with Crippen LogP contribution in [-0.2, 0) is 0 Å². The van der Waals surface area contributed by atoms with Crippen molar-refractivity contribution in [3.8, 4) is 0 Å². The molecule has 18 heavy (non-hydrogen) atoms. The zero-order valence-corrected chi connectivity index (χ0v) is 9.28. The van der Waals surface area contributed by atoms with Gasteiger partial charge in [0.1, 0.15) is 0 Å². The van der Waals surface area contributed by atoms with Gasteiger partial charge in [0.05, 0.1) is 23.2 Å². The first kappa shape index (κ1) is 10.1. The normalized spacial score (nSPS) is 10.1. The standard InChI is InChI=1S/C13H7N5/c14-17-10-3-1-8-5-9-2-4-11(18-15)7-13(9)16-12(8)6-10/h1-7H/q+2. The molecular formula is C13H7N5+2. The molecule has 0 aliphatic heterocycles. The van der Waals surface area contributed by atoms with Crippen molar-refractivity contribution in [1.29, 1.82) is 10.8 Å². The lowest BCUT2D eigenvalue weighted by atomic mass is 10.1. The van der Waals surface area contributed by atoms with E-state index in [2.05, 4.69) is 14.9 Å². The highest BCUT2D eigenvalue weighted by Gasteiger charge is 2.10. The maximum absolute atomic E-state index is 8.74. The summed E-state index contributed by atoms with van der Waals surface area (Å²) in [6.45, 7) is 0. The van der Waals surface area contributed by atoms with Crippen LogP contribution in [0.5, 0.6) is 0 Å². The van der Waals surface area contributed by atoms with E-state index < -0.39 is 0 Å². The topological polar surface area (TPSA) is 69.2 Å². The van der Waals surface area contributed by atoms with Crippen molar-refractivity contribution >= 4 is 33.2 Å². The highest BCUT2D eigenvalue weighted by atomic mass is 14.9. The van der Waals surface area contributed by atoms with Crippen molar-refractivity contribution in [2.75, 3.05) is 0 Å². The Morgan fingerprint density at radius 3 is 1.67 bits per heavy atom. The molecule has 0 N–H and O–H groups in total. The largest absolute Gasteiger partial charge is 0.387 e. The average molecular weight is 233 g/mol. The van der Waals surface area contributed by atoms with E-state index in [1.165, 1.54) is 0 Å². The van der Waals surface area contributed by atoms with Crippen LogP contribution in [0.2, 0.25) is 0 Å². The number of benzene rings is 2. The Bertz CT molecular complexity index is 786. The third-order valence-electron chi connectivity index (χ3n) is 2.81. The van der Waals surface area contributed by atoms with Gasteiger partial charge in [-0.25, -0.2) is 4.98 Å². The predicted molar refractivity (Wildman–Crippen MR) is 68.7 cm³/mol. The van der Waals surface area contributed by atoms with Gasteiger partial charge in [0, 0.05) is 22.9 Å². The Balaban J connectivity index is 2.38. The average Bonchev–Trinajstić information content (AvgIpc) is 2.43. The van der Waals surface area contributed by atoms with Crippen LogP contribution >= 0.6 is 0 Å². The molecular weight excluding hydrogens is 226 g/mol. The number of rotatable bonds is 0. The zero-order chi connectivity index (χ0) is 12.5. The summed E-state index contributed by atoms with van der Waals surface area (Å²) in [6, 6.07) is 12.5. The molecule has 3 aromatic rings. The van der Waals surface area contributed by atoms with Crippen LogP contribution in [-0.4, -0.2) is 4.98 Å². The van der Waals surface area contributed by atoms with Crippen molar-refractivity contribution in [2.45, 2.75) is 0 Å². The molecule has 82 valence electrons. The summed E-state index contributed by atoms with van der Waals surface area (Å²) in [5.41, 5.74) is 2.37. The number of nitrogens with zero attached hydrogens (tertiary/aromatic N) is 5. The first-order valence-electron chi connectivity index (χ1n) is 5.35. The van der Waals surface area contributed by atoms with E-state index in [0.717, 1.165) is 21.8 Å². The van der Waals surface area contributed by atoms with Crippen LogP contribution in [0.25, 0.3) is 31.8 Å². The molecule has 0 radical (unpaired) electrons. The SMILES string of the molecule is N#[N+]c1ccc2cc3ccc([N+]#N)cc3nc2c1. The minimum absolute atomic E-state index is 0.456. The maximum Gasteiger partial charge on any atom is 0.387 e. The van der Waals surface area contributed by atoms with Crippen LogP contribution < -0.4 is 0 Å². The van der Waals surface area contributed by atoms with Crippen molar-refractivity contribution in [1.82, 2.24) is 4.98 Å². The van der Waals surface area contributed by atoms with Gasteiger partial charge >= 0.3 is 11.4 Å². The number of fused-ring (bicyclic) bond motifs is 2. The van der Waals surface area contributed by atoms with Crippen LogP contribution in [0.1, 0.15) is 0 Å². The van der Waals surface area contributed by atoms with Gasteiger partial charge in [-0.05, 0) is 18.2 Å². The molecule has 0 atom stereocenters. The van der Waals surface area contributed by atoms with Gasteiger partial charge in [0.2, 0.25) is 10.8 Å². The van der Waals surface area contributed by atoms with E-state index in [0.29, 0.717) is 11.4 Å². The van der Waals surface area contributed by atoms with E-state index in [9.17, 15) is 0 Å². The lowest BCUT2D eigenvalue weighted by Crippen LogP contribution is -1.81. The summed E-state index contributed by atoms with van der Waals surface area (Å²) in [5.74, 6) is 0. The summed E-state index contributed by atoms with van der Waals surface area (Å²) in [5, 5.41) is 19.4. The molecule has 3 rings (SSSR count). The Kier molecular flexibility index (Phi) is 2.11. The zero-order valence-electron chi connectivity index (χ0n) is 9.28. The Hall–Kier alpha value is -3.05. The molecule has 5 heteroatoms. The first-order valence-corrected chi connectivity index (χ1v) is 5.35. The maximum atomic E-state index is 8.74. The van der Waals surface area contributed by atoms with Crippen molar-refractivity contribution < 1.29 is 0 Å². The highest BCUT2D eigenvalue weighted by Crippen LogP contribution is 2.26. The lowest BCUT2D eigenvalue weighted by Gasteiger charge is -1.98. The van der Waals surface area contributed by atoms with Gasteiger partial charge < -0.3 is 0 Å². The minimum Gasteiger partial charge on any atom is -0.247 e. The van der Waals surface area contributed by atoms with E-state index >= 15 is 0 Å². The van der Waals surface area contributed by atoms with E-state index in [1.807, 2.05) is 18.2 Å². The Labute approximate surface area is 102 Å². The van der Waals surface area contributed by atoms with Crippen molar-refractivity contribution in [3.63, 3.8) is 0 Å². The van der Waals surface area contributed by atoms with Crippen LogP contribution in [0, 0.1) is 10.8 Å². The predicted octanol–water partition coefficient (Wildman–Crippen LogP) is 4.36.